The first kappa shape index (κ1) is 15.2. The average Bonchev–Trinajstić information content (AvgIpc) is 2.38. The van der Waals surface area contributed by atoms with E-state index < -0.39 is 0 Å². The molecule has 0 amide bonds. The predicted molar refractivity (Wildman–Crippen MR) is 78.8 cm³/mol. The molecule has 102 valence electrons. The van der Waals surface area contributed by atoms with Crippen molar-refractivity contribution in [1.82, 2.24) is 5.32 Å². The SMILES string of the molecule is COc1cc(CNCC(C)(C)SC)cc(OC)c1. The van der Waals surface area contributed by atoms with Crippen molar-refractivity contribution in [2.75, 3.05) is 27.0 Å². The van der Waals surface area contributed by atoms with Crippen LogP contribution in [0.2, 0.25) is 0 Å². The van der Waals surface area contributed by atoms with Crippen molar-refractivity contribution in [3.05, 3.63) is 23.8 Å². The second-order valence-electron chi connectivity index (χ2n) is 4.79. The van der Waals surface area contributed by atoms with Gasteiger partial charge in [0.05, 0.1) is 14.2 Å². The molecule has 1 N–H and O–H groups in total. The maximum absolute atomic E-state index is 5.25. The zero-order valence-corrected chi connectivity index (χ0v) is 12.7. The highest BCUT2D eigenvalue weighted by Gasteiger charge is 2.14. The van der Waals surface area contributed by atoms with Crippen molar-refractivity contribution in [2.45, 2.75) is 25.1 Å². The lowest BCUT2D eigenvalue weighted by molar-refractivity contribution is 0.393. The summed E-state index contributed by atoms with van der Waals surface area (Å²) in [5.41, 5.74) is 1.17. The Morgan fingerprint density at radius 3 is 2.11 bits per heavy atom. The van der Waals surface area contributed by atoms with Crippen LogP contribution in [0, 0.1) is 0 Å². The van der Waals surface area contributed by atoms with Crippen molar-refractivity contribution >= 4 is 11.8 Å². The molecule has 4 heteroatoms. The van der Waals surface area contributed by atoms with Crippen molar-refractivity contribution in [2.24, 2.45) is 0 Å². The van der Waals surface area contributed by atoms with Gasteiger partial charge in [-0.05, 0) is 37.8 Å². The molecule has 0 spiro atoms. The highest BCUT2D eigenvalue weighted by Crippen LogP contribution is 2.23. The van der Waals surface area contributed by atoms with Gasteiger partial charge in [0.15, 0.2) is 0 Å². The summed E-state index contributed by atoms with van der Waals surface area (Å²) < 4.78 is 10.8. The van der Waals surface area contributed by atoms with Crippen LogP contribution in [0.25, 0.3) is 0 Å². The summed E-state index contributed by atoms with van der Waals surface area (Å²) in [5, 5.41) is 3.46. The van der Waals surface area contributed by atoms with Crippen LogP contribution in [0.4, 0.5) is 0 Å². The van der Waals surface area contributed by atoms with Crippen molar-refractivity contribution in [1.29, 1.82) is 0 Å². The molecule has 1 aromatic carbocycles. The molecule has 0 fully saturated rings. The third-order valence-corrected chi connectivity index (χ3v) is 4.09. The molecule has 0 aliphatic heterocycles. The molecule has 1 aromatic rings. The van der Waals surface area contributed by atoms with Gasteiger partial charge in [0.1, 0.15) is 11.5 Å². The summed E-state index contributed by atoms with van der Waals surface area (Å²) in [4.78, 5) is 0. The van der Waals surface area contributed by atoms with Gasteiger partial charge in [-0.25, -0.2) is 0 Å². The molecule has 18 heavy (non-hydrogen) atoms. The summed E-state index contributed by atoms with van der Waals surface area (Å²) >= 11 is 1.87. The van der Waals surface area contributed by atoms with E-state index in [4.69, 9.17) is 9.47 Å². The molecule has 0 aliphatic rings. The summed E-state index contributed by atoms with van der Waals surface area (Å²) in [6.45, 7) is 6.25. The van der Waals surface area contributed by atoms with E-state index >= 15 is 0 Å². The van der Waals surface area contributed by atoms with Crippen LogP contribution in [-0.4, -0.2) is 31.8 Å². The molecule has 0 unspecified atom stereocenters. The topological polar surface area (TPSA) is 30.5 Å². The lowest BCUT2D eigenvalue weighted by atomic mass is 10.1. The number of rotatable bonds is 7. The number of methoxy groups -OCH3 is 2. The minimum absolute atomic E-state index is 0.253. The zero-order chi connectivity index (χ0) is 13.6. The minimum atomic E-state index is 0.253. The lowest BCUT2D eigenvalue weighted by Crippen LogP contribution is -2.31. The molecule has 3 nitrogen and oxygen atoms in total. The highest BCUT2D eigenvalue weighted by molar-refractivity contribution is 7.99. The van der Waals surface area contributed by atoms with E-state index in [1.807, 2.05) is 30.0 Å². The Balaban J connectivity index is 2.61. The molecule has 0 radical (unpaired) electrons. The lowest BCUT2D eigenvalue weighted by Gasteiger charge is -2.22. The standard InChI is InChI=1S/C14H23NO2S/c1-14(2,18-5)10-15-9-11-6-12(16-3)8-13(7-11)17-4/h6-8,15H,9-10H2,1-5H3. The molecule has 0 saturated carbocycles. The van der Waals surface area contributed by atoms with E-state index in [1.54, 1.807) is 14.2 Å². The minimum Gasteiger partial charge on any atom is -0.497 e. The van der Waals surface area contributed by atoms with Crippen molar-refractivity contribution in [3.63, 3.8) is 0 Å². The Kier molecular flexibility index (Phi) is 5.82. The molecular weight excluding hydrogens is 246 g/mol. The Morgan fingerprint density at radius 2 is 1.67 bits per heavy atom. The Hall–Kier alpha value is -0.870. The highest BCUT2D eigenvalue weighted by atomic mass is 32.2. The van der Waals surface area contributed by atoms with E-state index in [0.717, 1.165) is 24.6 Å². The van der Waals surface area contributed by atoms with Crippen LogP contribution in [0.15, 0.2) is 18.2 Å². The predicted octanol–water partition coefficient (Wildman–Crippen LogP) is 2.94. The van der Waals surface area contributed by atoms with Gasteiger partial charge in [-0.2, -0.15) is 11.8 Å². The van der Waals surface area contributed by atoms with Crippen molar-refractivity contribution < 1.29 is 9.47 Å². The van der Waals surface area contributed by atoms with Crippen LogP contribution in [0.3, 0.4) is 0 Å². The number of thioether (sulfide) groups is 1. The van der Waals surface area contributed by atoms with E-state index in [0.29, 0.717) is 0 Å². The average molecular weight is 269 g/mol. The molecule has 0 saturated heterocycles. The Labute approximate surface area is 114 Å². The normalized spacial score (nSPS) is 11.4. The molecule has 0 heterocycles. The third kappa shape index (κ3) is 4.78. The molecular formula is C14H23NO2S. The van der Waals surface area contributed by atoms with Crippen LogP contribution in [0.5, 0.6) is 11.5 Å². The van der Waals surface area contributed by atoms with Crippen LogP contribution in [0.1, 0.15) is 19.4 Å². The van der Waals surface area contributed by atoms with Gasteiger partial charge in [0.2, 0.25) is 0 Å². The number of nitrogens with one attached hydrogen (secondary N) is 1. The zero-order valence-electron chi connectivity index (χ0n) is 11.9. The summed E-state index contributed by atoms with van der Waals surface area (Å²) in [5.74, 6) is 1.66. The Morgan fingerprint density at radius 1 is 1.11 bits per heavy atom. The molecule has 0 bridgehead atoms. The number of benzene rings is 1. The van der Waals surface area contributed by atoms with E-state index in [9.17, 15) is 0 Å². The first-order valence-electron chi connectivity index (χ1n) is 5.98. The molecule has 0 atom stereocenters. The monoisotopic (exact) mass is 269 g/mol. The van der Waals surface area contributed by atoms with Crippen molar-refractivity contribution in [3.8, 4) is 11.5 Å². The smallest absolute Gasteiger partial charge is 0.122 e. The van der Waals surface area contributed by atoms with Gasteiger partial charge in [0, 0.05) is 23.9 Å². The van der Waals surface area contributed by atoms with E-state index in [-0.39, 0.29) is 4.75 Å². The van der Waals surface area contributed by atoms with Gasteiger partial charge >= 0.3 is 0 Å². The fraction of sp³-hybridized carbons (Fsp3) is 0.571. The fourth-order valence-corrected chi connectivity index (χ4v) is 1.79. The number of ether oxygens (including phenoxy) is 2. The van der Waals surface area contributed by atoms with Gasteiger partial charge < -0.3 is 14.8 Å². The van der Waals surface area contributed by atoms with Gasteiger partial charge in [-0.15, -0.1) is 0 Å². The maximum atomic E-state index is 5.25. The summed E-state index contributed by atoms with van der Waals surface area (Å²) in [7, 11) is 3.34. The second-order valence-corrected chi connectivity index (χ2v) is 6.30. The first-order valence-corrected chi connectivity index (χ1v) is 7.21. The third-order valence-electron chi connectivity index (χ3n) is 2.84. The molecule has 1 rings (SSSR count). The summed E-state index contributed by atoms with van der Waals surface area (Å²) in [6.07, 6.45) is 2.14. The second kappa shape index (κ2) is 6.90. The van der Waals surface area contributed by atoms with Crippen LogP contribution < -0.4 is 14.8 Å². The first-order chi connectivity index (χ1) is 8.50. The summed E-state index contributed by atoms with van der Waals surface area (Å²) in [6, 6.07) is 5.94. The molecule has 0 aliphatic carbocycles. The largest absolute Gasteiger partial charge is 0.497 e. The number of hydrogen-bond donors (Lipinski definition) is 1. The van der Waals surface area contributed by atoms with Gasteiger partial charge in [-0.3, -0.25) is 0 Å². The van der Waals surface area contributed by atoms with E-state index in [1.165, 1.54) is 5.56 Å². The van der Waals surface area contributed by atoms with E-state index in [2.05, 4.69) is 25.4 Å². The van der Waals surface area contributed by atoms with Crippen LogP contribution >= 0.6 is 11.8 Å². The molecule has 0 aromatic heterocycles. The fourth-order valence-electron chi connectivity index (χ4n) is 1.55. The van der Waals surface area contributed by atoms with Gasteiger partial charge in [0.25, 0.3) is 0 Å². The quantitative estimate of drug-likeness (QED) is 0.824. The number of hydrogen-bond acceptors (Lipinski definition) is 4. The van der Waals surface area contributed by atoms with Crippen LogP contribution in [-0.2, 0) is 6.54 Å². The Bertz CT molecular complexity index is 358. The van der Waals surface area contributed by atoms with Gasteiger partial charge in [-0.1, -0.05) is 0 Å². The maximum Gasteiger partial charge on any atom is 0.122 e.